The third-order valence-electron chi connectivity index (χ3n) is 4.04. The molecule has 0 saturated heterocycles. The number of hydrogen-bond donors (Lipinski definition) is 0. The number of nitrogens with zero attached hydrogens (tertiary/aromatic N) is 3. The van der Waals surface area contributed by atoms with Gasteiger partial charge in [-0.3, -0.25) is 19.2 Å². The summed E-state index contributed by atoms with van der Waals surface area (Å²) < 4.78 is 1.86. The maximum atomic E-state index is 12.3. The van der Waals surface area contributed by atoms with Crippen molar-refractivity contribution in [1.82, 2.24) is 14.5 Å². The lowest BCUT2D eigenvalue weighted by Crippen LogP contribution is -2.32. The summed E-state index contributed by atoms with van der Waals surface area (Å²) in [6.45, 7) is 1.54. The van der Waals surface area contributed by atoms with E-state index in [-0.39, 0.29) is 4.87 Å². The van der Waals surface area contributed by atoms with Crippen LogP contribution in [0.5, 0.6) is 0 Å². The molecule has 3 aromatic heterocycles. The molecule has 0 aromatic carbocycles. The molecule has 0 amide bonds. The normalized spacial score (nSPS) is 14.5. The third-order valence-corrected chi connectivity index (χ3v) is 5.66. The van der Waals surface area contributed by atoms with E-state index in [4.69, 9.17) is 0 Å². The Morgan fingerprint density at radius 2 is 2.13 bits per heavy atom. The van der Waals surface area contributed by atoms with Crippen molar-refractivity contribution in [3.8, 4) is 11.4 Å². The average Bonchev–Trinajstić information content (AvgIpc) is 3.19. The van der Waals surface area contributed by atoms with Crippen molar-refractivity contribution < 1.29 is 0 Å². The van der Waals surface area contributed by atoms with Crippen LogP contribution in [0.4, 0.5) is 0 Å². The molecule has 0 aliphatic heterocycles. The SMILES string of the molecule is O=c1scc(-c2ccccn2)n1CN(Cc1cccs1)C1CC1. The summed E-state index contributed by atoms with van der Waals surface area (Å²) in [6.07, 6.45) is 4.22. The first-order chi connectivity index (χ1) is 11.3. The van der Waals surface area contributed by atoms with E-state index in [1.165, 1.54) is 29.1 Å². The molecular weight excluding hydrogens is 326 g/mol. The molecular formula is C17H17N3OS2. The van der Waals surface area contributed by atoms with Gasteiger partial charge in [-0.05, 0) is 36.4 Å². The molecule has 23 heavy (non-hydrogen) atoms. The Bertz CT molecular complexity index is 819. The summed E-state index contributed by atoms with van der Waals surface area (Å²) in [7, 11) is 0. The molecule has 1 fully saturated rings. The summed E-state index contributed by atoms with van der Waals surface area (Å²) >= 11 is 3.03. The van der Waals surface area contributed by atoms with Crippen LogP contribution in [-0.2, 0) is 13.2 Å². The summed E-state index contributed by atoms with van der Waals surface area (Å²) in [5.74, 6) is 0. The number of aromatic nitrogens is 2. The molecule has 3 aromatic rings. The Hall–Kier alpha value is -1.76. The van der Waals surface area contributed by atoms with Crippen LogP contribution >= 0.6 is 22.7 Å². The van der Waals surface area contributed by atoms with Crippen LogP contribution in [-0.4, -0.2) is 20.5 Å². The lowest BCUT2D eigenvalue weighted by Gasteiger charge is -2.22. The minimum atomic E-state index is 0.0856. The van der Waals surface area contributed by atoms with E-state index >= 15 is 0 Å². The third kappa shape index (κ3) is 3.29. The number of thiazole rings is 1. The molecule has 118 valence electrons. The van der Waals surface area contributed by atoms with Crippen LogP contribution in [0.25, 0.3) is 11.4 Å². The molecule has 4 rings (SSSR count). The van der Waals surface area contributed by atoms with Crippen molar-refractivity contribution in [3.05, 3.63) is 61.8 Å². The molecule has 1 aliphatic rings. The summed E-state index contributed by atoms with van der Waals surface area (Å²) in [5, 5.41) is 4.03. The van der Waals surface area contributed by atoms with Gasteiger partial charge in [0.25, 0.3) is 0 Å². The minimum Gasteiger partial charge on any atom is -0.284 e. The van der Waals surface area contributed by atoms with Gasteiger partial charge < -0.3 is 0 Å². The van der Waals surface area contributed by atoms with Crippen LogP contribution in [0.2, 0.25) is 0 Å². The van der Waals surface area contributed by atoms with Crippen LogP contribution in [0, 0.1) is 0 Å². The van der Waals surface area contributed by atoms with Gasteiger partial charge in [-0.15, -0.1) is 11.3 Å². The van der Waals surface area contributed by atoms with Gasteiger partial charge >= 0.3 is 4.87 Å². The highest BCUT2D eigenvalue weighted by Crippen LogP contribution is 2.30. The van der Waals surface area contributed by atoms with Gasteiger partial charge in [0.05, 0.1) is 18.1 Å². The fraction of sp³-hybridized carbons (Fsp3) is 0.294. The number of hydrogen-bond acceptors (Lipinski definition) is 5. The molecule has 0 unspecified atom stereocenters. The fourth-order valence-electron chi connectivity index (χ4n) is 2.70. The second-order valence-electron chi connectivity index (χ2n) is 5.73. The topological polar surface area (TPSA) is 38.1 Å². The number of pyridine rings is 1. The fourth-order valence-corrected chi connectivity index (χ4v) is 4.17. The van der Waals surface area contributed by atoms with E-state index in [0.29, 0.717) is 12.7 Å². The molecule has 3 heterocycles. The van der Waals surface area contributed by atoms with Crippen LogP contribution in [0.15, 0.2) is 52.1 Å². The Kier molecular flexibility index (Phi) is 4.11. The van der Waals surface area contributed by atoms with Gasteiger partial charge in [0.1, 0.15) is 0 Å². The van der Waals surface area contributed by atoms with Crippen LogP contribution in [0.3, 0.4) is 0 Å². The number of thiophene rings is 1. The Labute approximate surface area is 142 Å². The van der Waals surface area contributed by atoms with Crippen molar-refractivity contribution in [2.75, 3.05) is 0 Å². The van der Waals surface area contributed by atoms with Gasteiger partial charge in [-0.2, -0.15) is 0 Å². The zero-order chi connectivity index (χ0) is 15.6. The zero-order valence-electron chi connectivity index (χ0n) is 12.6. The first-order valence-electron chi connectivity index (χ1n) is 7.67. The second kappa shape index (κ2) is 6.39. The smallest absolute Gasteiger partial charge is 0.284 e. The molecule has 4 nitrogen and oxygen atoms in total. The summed E-state index contributed by atoms with van der Waals surface area (Å²) in [6, 6.07) is 10.7. The van der Waals surface area contributed by atoms with E-state index in [2.05, 4.69) is 27.4 Å². The quantitative estimate of drug-likeness (QED) is 0.686. The van der Waals surface area contributed by atoms with Crippen molar-refractivity contribution >= 4 is 22.7 Å². The first-order valence-corrected chi connectivity index (χ1v) is 9.43. The van der Waals surface area contributed by atoms with E-state index in [1.54, 1.807) is 17.5 Å². The summed E-state index contributed by atoms with van der Waals surface area (Å²) in [4.78, 5) is 20.6. The van der Waals surface area contributed by atoms with Gasteiger partial charge in [0.2, 0.25) is 0 Å². The van der Waals surface area contributed by atoms with Crippen molar-refractivity contribution in [2.45, 2.75) is 32.1 Å². The Balaban J connectivity index is 1.62. The Morgan fingerprint density at radius 1 is 1.22 bits per heavy atom. The van der Waals surface area contributed by atoms with Crippen molar-refractivity contribution in [1.29, 1.82) is 0 Å². The van der Waals surface area contributed by atoms with Crippen molar-refractivity contribution in [2.24, 2.45) is 0 Å². The van der Waals surface area contributed by atoms with Crippen LogP contribution < -0.4 is 4.87 Å². The molecule has 0 bridgehead atoms. The highest BCUT2D eigenvalue weighted by molar-refractivity contribution is 7.09. The predicted octanol–water partition coefficient (Wildman–Crippen LogP) is 3.66. The summed E-state index contributed by atoms with van der Waals surface area (Å²) in [5.41, 5.74) is 1.77. The molecule has 0 atom stereocenters. The average molecular weight is 343 g/mol. The van der Waals surface area contributed by atoms with Crippen LogP contribution in [0.1, 0.15) is 17.7 Å². The van der Waals surface area contributed by atoms with Crippen molar-refractivity contribution in [3.63, 3.8) is 0 Å². The predicted molar refractivity (Wildman–Crippen MR) is 94.7 cm³/mol. The highest BCUT2D eigenvalue weighted by atomic mass is 32.1. The van der Waals surface area contributed by atoms with Gasteiger partial charge in [-0.1, -0.05) is 23.5 Å². The van der Waals surface area contributed by atoms with Gasteiger partial charge in [0, 0.05) is 29.0 Å². The number of rotatable bonds is 6. The molecule has 1 saturated carbocycles. The molecule has 6 heteroatoms. The maximum Gasteiger partial charge on any atom is 0.308 e. The second-order valence-corrected chi connectivity index (χ2v) is 7.58. The van der Waals surface area contributed by atoms with Gasteiger partial charge in [0.15, 0.2) is 0 Å². The first kappa shape index (κ1) is 14.8. The van der Waals surface area contributed by atoms with E-state index < -0.39 is 0 Å². The van der Waals surface area contributed by atoms with Gasteiger partial charge in [-0.25, -0.2) is 0 Å². The molecule has 1 aliphatic carbocycles. The van der Waals surface area contributed by atoms with E-state index in [1.807, 2.05) is 28.1 Å². The largest absolute Gasteiger partial charge is 0.308 e. The lowest BCUT2D eigenvalue weighted by atomic mass is 10.3. The Morgan fingerprint density at radius 3 is 2.83 bits per heavy atom. The highest BCUT2D eigenvalue weighted by Gasteiger charge is 2.30. The lowest BCUT2D eigenvalue weighted by molar-refractivity contribution is 0.200. The molecule has 0 radical (unpaired) electrons. The minimum absolute atomic E-state index is 0.0856. The molecule has 0 N–H and O–H groups in total. The maximum absolute atomic E-state index is 12.3. The standard InChI is InChI=1S/C17H17N3OS2/c21-17-20(16(11-23-17)15-5-1-2-8-18-15)12-19(13-6-7-13)10-14-4-3-9-22-14/h1-5,8-9,11,13H,6-7,10,12H2. The van der Waals surface area contributed by atoms with E-state index in [0.717, 1.165) is 17.9 Å². The monoisotopic (exact) mass is 343 g/mol. The van der Waals surface area contributed by atoms with E-state index in [9.17, 15) is 4.79 Å². The zero-order valence-corrected chi connectivity index (χ0v) is 14.2. The molecule has 0 spiro atoms.